The minimum Gasteiger partial charge on any atom is -0.347 e. The summed E-state index contributed by atoms with van der Waals surface area (Å²) in [5.41, 5.74) is 3.36. The lowest BCUT2D eigenvalue weighted by Crippen LogP contribution is -2.42. The quantitative estimate of drug-likeness (QED) is 0.814. The van der Waals surface area contributed by atoms with Gasteiger partial charge in [-0.05, 0) is 35.7 Å². The Labute approximate surface area is 154 Å². The summed E-state index contributed by atoms with van der Waals surface area (Å²) in [5.74, 6) is -1.38. The number of benzene rings is 2. The van der Waals surface area contributed by atoms with Crippen molar-refractivity contribution >= 4 is 17.5 Å². The fraction of sp³-hybridized carbons (Fsp3) is 0.286. The lowest BCUT2D eigenvalue weighted by Gasteiger charge is -2.27. The van der Waals surface area contributed by atoms with Gasteiger partial charge in [-0.25, -0.2) is 0 Å². The smallest absolute Gasteiger partial charge is 0.313 e. The van der Waals surface area contributed by atoms with Crippen LogP contribution >= 0.6 is 0 Å². The highest BCUT2D eigenvalue weighted by atomic mass is 16.2. The summed E-state index contributed by atoms with van der Waals surface area (Å²) in [6.45, 7) is 6.44. The van der Waals surface area contributed by atoms with Crippen LogP contribution in [0.25, 0.3) is 0 Å². The molecule has 0 spiro atoms. The van der Waals surface area contributed by atoms with Gasteiger partial charge in [0, 0.05) is 17.6 Å². The Balaban J connectivity index is 1.93. The van der Waals surface area contributed by atoms with Gasteiger partial charge in [-0.3, -0.25) is 9.59 Å². The fourth-order valence-electron chi connectivity index (χ4n) is 2.79. The largest absolute Gasteiger partial charge is 0.347 e. The van der Waals surface area contributed by atoms with Gasteiger partial charge in [0.05, 0.1) is 12.5 Å². The molecule has 2 amide bonds. The first-order valence-electron chi connectivity index (χ1n) is 8.44. The van der Waals surface area contributed by atoms with Crippen LogP contribution in [0.1, 0.15) is 30.5 Å². The van der Waals surface area contributed by atoms with Crippen molar-refractivity contribution in [1.82, 2.24) is 5.32 Å². The molecule has 0 unspecified atom stereocenters. The molecule has 0 radical (unpaired) electrons. The number of nitrogens with zero attached hydrogens (tertiary/aromatic N) is 1. The lowest BCUT2D eigenvalue weighted by atomic mass is 9.82. The molecule has 26 heavy (non-hydrogen) atoms. The molecule has 0 bridgehead atoms. The first-order chi connectivity index (χ1) is 12.3. The number of aryl methyl sites for hydroxylation is 1. The number of rotatable bonds is 5. The molecule has 134 valence electrons. The van der Waals surface area contributed by atoms with Crippen LogP contribution in [0.2, 0.25) is 0 Å². The molecule has 5 nitrogen and oxygen atoms in total. The van der Waals surface area contributed by atoms with Crippen molar-refractivity contribution in [2.75, 3.05) is 11.9 Å². The number of carbonyl (C=O) groups excluding carboxylic acids is 2. The average molecular weight is 349 g/mol. The number of carbonyl (C=O) groups is 2. The zero-order chi connectivity index (χ0) is 19.2. The maximum absolute atomic E-state index is 12.1. The molecule has 0 heterocycles. The second-order valence-electron chi connectivity index (χ2n) is 6.87. The van der Waals surface area contributed by atoms with Crippen LogP contribution in [0.4, 0.5) is 5.69 Å². The van der Waals surface area contributed by atoms with Gasteiger partial charge in [-0.15, -0.1) is 0 Å². The molecular formula is C21H23N3O2. The molecule has 0 fully saturated rings. The van der Waals surface area contributed by atoms with Gasteiger partial charge in [0.1, 0.15) is 0 Å². The molecule has 0 aromatic heterocycles. The maximum Gasteiger partial charge on any atom is 0.313 e. The zero-order valence-electron chi connectivity index (χ0n) is 15.3. The number of hydrogen-bond donors (Lipinski definition) is 2. The highest BCUT2D eigenvalue weighted by Gasteiger charge is 2.24. The van der Waals surface area contributed by atoms with Crippen molar-refractivity contribution in [3.63, 3.8) is 0 Å². The predicted molar refractivity (Wildman–Crippen MR) is 102 cm³/mol. The second-order valence-corrected chi connectivity index (χ2v) is 6.87. The molecule has 0 saturated heterocycles. The van der Waals surface area contributed by atoms with E-state index in [2.05, 4.69) is 16.7 Å². The molecule has 2 aromatic carbocycles. The summed E-state index contributed by atoms with van der Waals surface area (Å²) in [6, 6.07) is 16.9. The SMILES string of the molecule is Cc1ccccc1C(C)(C)CNC(=O)C(=O)Nc1ccc(CC#N)cc1. The Hall–Kier alpha value is -3.13. The van der Waals surface area contributed by atoms with Crippen LogP contribution < -0.4 is 10.6 Å². The van der Waals surface area contributed by atoms with Gasteiger partial charge >= 0.3 is 11.8 Å². The third kappa shape index (κ3) is 4.93. The van der Waals surface area contributed by atoms with Crippen molar-refractivity contribution < 1.29 is 9.59 Å². The van der Waals surface area contributed by atoms with E-state index >= 15 is 0 Å². The predicted octanol–water partition coefficient (Wildman–Crippen LogP) is 3.09. The average Bonchev–Trinajstić information content (AvgIpc) is 2.62. The minimum absolute atomic E-state index is 0.291. The molecule has 5 heteroatoms. The molecular weight excluding hydrogens is 326 g/mol. The Morgan fingerprint density at radius 2 is 1.69 bits per heavy atom. The van der Waals surface area contributed by atoms with E-state index in [-0.39, 0.29) is 5.41 Å². The third-order valence-electron chi connectivity index (χ3n) is 4.27. The fourth-order valence-corrected chi connectivity index (χ4v) is 2.79. The van der Waals surface area contributed by atoms with Crippen molar-refractivity contribution in [1.29, 1.82) is 5.26 Å². The minimum atomic E-state index is -0.710. The van der Waals surface area contributed by atoms with Crippen molar-refractivity contribution in [3.8, 4) is 6.07 Å². The van der Waals surface area contributed by atoms with Gasteiger partial charge in [0.2, 0.25) is 0 Å². The van der Waals surface area contributed by atoms with Crippen LogP contribution in [-0.4, -0.2) is 18.4 Å². The Morgan fingerprint density at radius 1 is 1.04 bits per heavy atom. The highest BCUT2D eigenvalue weighted by Crippen LogP contribution is 2.25. The van der Waals surface area contributed by atoms with E-state index in [1.54, 1.807) is 24.3 Å². The third-order valence-corrected chi connectivity index (χ3v) is 4.27. The van der Waals surface area contributed by atoms with Gasteiger partial charge in [0.15, 0.2) is 0 Å². The summed E-state index contributed by atoms with van der Waals surface area (Å²) < 4.78 is 0. The summed E-state index contributed by atoms with van der Waals surface area (Å²) >= 11 is 0. The molecule has 2 N–H and O–H groups in total. The highest BCUT2D eigenvalue weighted by molar-refractivity contribution is 6.39. The monoisotopic (exact) mass is 349 g/mol. The summed E-state index contributed by atoms with van der Waals surface area (Å²) in [7, 11) is 0. The second kappa shape index (κ2) is 8.30. The first kappa shape index (κ1) is 19.2. The molecule has 0 saturated carbocycles. The van der Waals surface area contributed by atoms with E-state index in [9.17, 15) is 9.59 Å². The number of nitrogens with one attached hydrogen (secondary N) is 2. The Bertz CT molecular complexity index is 833. The Morgan fingerprint density at radius 3 is 2.31 bits per heavy atom. The molecule has 0 aliphatic rings. The van der Waals surface area contributed by atoms with Crippen LogP contribution in [0, 0.1) is 18.3 Å². The van der Waals surface area contributed by atoms with E-state index in [0.29, 0.717) is 18.7 Å². The summed E-state index contributed by atoms with van der Waals surface area (Å²) in [4.78, 5) is 24.2. The summed E-state index contributed by atoms with van der Waals surface area (Å²) in [5, 5.41) is 13.9. The normalized spacial score (nSPS) is 10.7. The van der Waals surface area contributed by atoms with Crippen molar-refractivity contribution in [3.05, 3.63) is 65.2 Å². The van der Waals surface area contributed by atoms with Gasteiger partial charge in [-0.1, -0.05) is 50.2 Å². The van der Waals surface area contributed by atoms with Crippen LogP contribution in [0.5, 0.6) is 0 Å². The number of nitriles is 1. The van der Waals surface area contributed by atoms with E-state index in [1.165, 1.54) is 0 Å². The molecule has 2 aromatic rings. The first-order valence-corrected chi connectivity index (χ1v) is 8.44. The van der Waals surface area contributed by atoms with E-state index in [0.717, 1.165) is 16.7 Å². The zero-order valence-corrected chi connectivity index (χ0v) is 15.3. The number of hydrogen-bond acceptors (Lipinski definition) is 3. The van der Waals surface area contributed by atoms with E-state index in [1.807, 2.05) is 45.0 Å². The summed E-state index contributed by atoms with van der Waals surface area (Å²) in [6.07, 6.45) is 0.308. The van der Waals surface area contributed by atoms with Crippen molar-refractivity contribution in [2.24, 2.45) is 0 Å². The van der Waals surface area contributed by atoms with Crippen molar-refractivity contribution in [2.45, 2.75) is 32.6 Å². The van der Waals surface area contributed by atoms with Crippen LogP contribution in [-0.2, 0) is 21.4 Å². The maximum atomic E-state index is 12.1. The number of anilines is 1. The van der Waals surface area contributed by atoms with Gasteiger partial charge < -0.3 is 10.6 Å². The molecule has 0 aliphatic heterocycles. The van der Waals surface area contributed by atoms with E-state index < -0.39 is 11.8 Å². The Kier molecular flexibility index (Phi) is 6.13. The van der Waals surface area contributed by atoms with Gasteiger partial charge in [0.25, 0.3) is 0 Å². The lowest BCUT2D eigenvalue weighted by molar-refractivity contribution is -0.136. The number of amides is 2. The topological polar surface area (TPSA) is 82.0 Å². The van der Waals surface area contributed by atoms with Crippen LogP contribution in [0.15, 0.2) is 48.5 Å². The standard InChI is InChI=1S/C21H23N3O2/c1-15-6-4-5-7-18(15)21(2,3)14-23-19(25)20(26)24-17-10-8-16(9-11-17)12-13-22/h4-11H,12,14H2,1-3H3,(H,23,25)(H,24,26). The van der Waals surface area contributed by atoms with Gasteiger partial charge in [-0.2, -0.15) is 5.26 Å². The van der Waals surface area contributed by atoms with Crippen LogP contribution in [0.3, 0.4) is 0 Å². The molecule has 0 aliphatic carbocycles. The molecule has 0 atom stereocenters. The van der Waals surface area contributed by atoms with E-state index in [4.69, 9.17) is 5.26 Å². The molecule has 2 rings (SSSR count).